The minimum absolute atomic E-state index is 0.114. The van der Waals surface area contributed by atoms with Crippen LogP contribution in [0.5, 0.6) is 0 Å². The van der Waals surface area contributed by atoms with Crippen LogP contribution in [-0.4, -0.2) is 20.5 Å². The number of ether oxygens (including phenoxy) is 1. The number of rotatable bonds is 6. The first-order valence-electron chi connectivity index (χ1n) is 7.90. The van der Waals surface area contributed by atoms with Crippen molar-refractivity contribution >= 4 is 14.4 Å². The molecular weight excluding hydrogens is 306 g/mol. The first-order chi connectivity index (χ1) is 10.5. The lowest BCUT2D eigenvalue weighted by Gasteiger charge is -2.38. The van der Waals surface area contributed by atoms with Gasteiger partial charge in [-0.05, 0) is 36.7 Å². The highest BCUT2D eigenvalue weighted by Crippen LogP contribution is 2.40. The molecule has 0 bridgehead atoms. The van der Waals surface area contributed by atoms with Crippen LogP contribution in [0.15, 0.2) is 42.5 Å². The number of benzene rings is 1. The van der Waals surface area contributed by atoms with Gasteiger partial charge in [0.15, 0.2) is 8.32 Å². The Balaban J connectivity index is 3.00. The van der Waals surface area contributed by atoms with E-state index in [4.69, 9.17) is 14.9 Å². The summed E-state index contributed by atoms with van der Waals surface area (Å²) in [5.74, 6) is 0. The molecule has 1 aromatic carbocycles. The van der Waals surface area contributed by atoms with E-state index in [0.29, 0.717) is 0 Å². The fraction of sp³-hybridized carbons (Fsp3) is 0.500. The van der Waals surface area contributed by atoms with E-state index < -0.39 is 14.4 Å². The molecule has 0 saturated heterocycles. The maximum Gasteiger partial charge on any atom is 0.405 e. The minimum Gasteiger partial charge on any atom is -0.442 e. The molecule has 5 heteroatoms. The molecule has 0 aliphatic heterocycles. The molecule has 1 amide bonds. The van der Waals surface area contributed by atoms with E-state index in [0.717, 1.165) is 5.56 Å². The molecule has 0 fully saturated rings. The summed E-state index contributed by atoms with van der Waals surface area (Å²) in [4.78, 5) is 10.8. The molecule has 23 heavy (non-hydrogen) atoms. The van der Waals surface area contributed by atoms with Gasteiger partial charge in [0, 0.05) is 0 Å². The summed E-state index contributed by atoms with van der Waals surface area (Å²) in [5, 5.41) is 0.114. The summed E-state index contributed by atoms with van der Waals surface area (Å²) in [6.45, 7) is 12.9. The highest BCUT2D eigenvalue weighted by atomic mass is 28.4. The van der Waals surface area contributed by atoms with Gasteiger partial charge in [0.2, 0.25) is 0 Å². The first kappa shape index (κ1) is 19.5. The first-order valence-corrected chi connectivity index (χ1v) is 10.8. The van der Waals surface area contributed by atoms with E-state index in [2.05, 4.69) is 33.9 Å². The van der Waals surface area contributed by atoms with Gasteiger partial charge in [-0.2, -0.15) is 0 Å². The van der Waals surface area contributed by atoms with Gasteiger partial charge in [0.1, 0.15) is 6.10 Å². The molecule has 1 unspecified atom stereocenters. The van der Waals surface area contributed by atoms with Crippen LogP contribution < -0.4 is 5.73 Å². The van der Waals surface area contributed by atoms with Crippen LogP contribution in [0.2, 0.25) is 18.1 Å². The van der Waals surface area contributed by atoms with E-state index in [9.17, 15) is 4.79 Å². The fourth-order valence-corrected chi connectivity index (χ4v) is 3.04. The molecule has 0 aromatic heterocycles. The molecule has 4 nitrogen and oxygen atoms in total. The molecule has 0 spiro atoms. The molecule has 0 radical (unpaired) electrons. The summed E-state index contributed by atoms with van der Waals surface area (Å²) in [7, 11) is -1.94. The van der Waals surface area contributed by atoms with Crippen LogP contribution in [0.25, 0.3) is 0 Å². The summed E-state index contributed by atoms with van der Waals surface area (Å²) in [6.07, 6.45) is 2.43. The van der Waals surface area contributed by atoms with Gasteiger partial charge >= 0.3 is 6.09 Å². The Morgan fingerprint density at radius 2 is 1.74 bits per heavy atom. The number of carbonyl (C=O) groups excluding carboxylic acids is 1. The molecule has 128 valence electrons. The second-order valence-electron chi connectivity index (χ2n) is 7.24. The highest BCUT2D eigenvalue weighted by molar-refractivity contribution is 6.74. The largest absolute Gasteiger partial charge is 0.442 e. The third-order valence-corrected chi connectivity index (χ3v) is 8.67. The summed E-state index contributed by atoms with van der Waals surface area (Å²) < 4.78 is 11.5. The topological polar surface area (TPSA) is 61.6 Å². The molecule has 0 aliphatic carbocycles. The number of nitrogens with two attached hydrogens (primary N) is 1. The molecule has 1 rings (SSSR count). The molecule has 2 N–H and O–H groups in total. The van der Waals surface area contributed by atoms with E-state index in [1.54, 1.807) is 6.92 Å². The van der Waals surface area contributed by atoms with Crippen LogP contribution in [0.4, 0.5) is 4.79 Å². The maximum absolute atomic E-state index is 10.8. The minimum atomic E-state index is -1.94. The SMILES string of the molecule is C[C@H](/C=C/C(O[Si](C)(C)C(C)(C)C)c1ccccc1)OC(N)=O. The second kappa shape index (κ2) is 7.79. The standard InChI is InChI=1S/C18H29NO3Si/c1-14(21-17(19)20)12-13-16(15-10-8-7-9-11-15)22-23(5,6)18(2,3)4/h7-14,16H,1-6H3,(H2,19,20)/b13-12+/t14-,16?/m1/s1. The van der Waals surface area contributed by atoms with Crippen molar-refractivity contribution < 1.29 is 14.0 Å². The molecular formula is C18H29NO3Si. The Morgan fingerprint density at radius 1 is 1.17 bits per heavy atom. The summed E-state index contributed by atoms with van der Waals surface area (Å²) >= 11 is 0. The molecule has 2 atom stereocenters. The zero-order chi connectivity index (χ0) is 17.7. The number of amides is 1. The van der Waals surface area contributed by atoms with Gasteiger partial charge in [0.25, 0.3) is 0 Å². The third kappa shape index (κ3) is 6.20. The molecule has 1 aromatic rings. The Bertz CT molecular complexity index is 535. The second-order valence-corrected chi connectivity index (χ2v) is 12.0. The lowest BCUT2D eigenvalue weighted by molar-refractivity contribution is 0.136. The van der Waals surface area contributed by atoms with Crippen molar-refractivity contribution in [2.45, 2.75) is 58.0 Å². The van der Waals surface area contributed by atoms with Crippen molar-refractivity contribution in [1.82, 2.24) is 0 Å². The van der Waals surface area contributed by atoms with Crippen LogP contribution >= 0.6 is 0 Å². The molecule has 0 aliphatic rings. The van der Waals surface area contributed by atoms with Crippen molar-refractivity contribution in [1.29, 1.82) is 0 Å². The average molecular weight is 336 g/mol. The monoisotopic (exact) mass is 335 g/mol. The van der Waals surface area contributed by atoms with Crippen LogP contribution in [0.1, 0.15) is 39.4 Å². The van der Waals surface area contributed by atoms with Crippen molar-refractivity contribution in [2.75, 3.05) is 0 Å². The van der Waals surface area contributed by atoms with Gasteiger partial charge in [-0.3, -0.25) is 0 Å². The smallest absolute Gasteiger partial charge is 0.405 e. The van der Waals surface area contributed by atoms with Crippen molar-refractivity contribution in [2.24, 2.45) is 5.73 Å². The number of hydrogen-bond acceptors (Lipinski definition) is 3. The van der Waals surface area contributed by atoms with Crippen molar-refractivity contribution in [3.05, 3.63) is 48.0 Å². The van der Waals surface area contributed by atoms with E-state index in [1.165, 1.54) is 0 Å². The number of hydrogen-bond donors (Lipinski definition) is 1. The maximum atomic E-state index is 10.8. The lowest BCUT2D eigenvalue weighted by Crippen LogP contribution is -2.41. The molecule has 0 heterocycles. The molecule has 0 saturated carbocycles. The van der Waals surface area contributed by atoms with Crippen LogP contribution in [0, 0.1) is 0 Å². The van der Waals surface area contributed by atoms with Gasteiger partial charge in [-0.25, -0.2) is 4.79 Å². The zero-order valence-corrected chi connectivity index (χ0v) is 16.0. The predicted octanol–water partition coefficient (Wildman–Crippen LogP) is 4.79. The quantitative estimate of drug-likeness (QED) is 0.600. The van der Waals surface area contributed by atoms with Gasteiger partial charge in [0.05, 0.1) is 6.10 Å². The van der Waals surface area contributed by atoms with E-state index in [-0.39, 0.29) is 17.2 Å². The average Bonchev–Trinajstić information content (AvgIpc) is 2.42. The summed E-state index contributed by atoms with van der Waals surface area (Å²) in [5.41, 5.74) is 6.13. The normalized spacial score (nSPS) is 15.4. The Morgan fingerprint density at radius 3 is 2.22 bits per heavy atom. The number of primary amides is 1. The highest BCUT2D eigenvalue weighted by Gasteiger charge is 2.39. The predicted molar refractivity (Wildman–Crippen MR) is 96.7 cm³/mol. The Hall–Kier alpha value is -1.59. The summed E-state index contributed by atoms with van der Waals surface area (Å²) in [6, 6.07) is 10.1. The van der Waals surface area contributed by atoms with Crippen LogP contribution in [0.3, 0.4) is 0 Å². The number of carbonyl (C=O) groups is 1. The fourth-order valence-electron chi connectivity index (χ4n) is 1.84. The third-order valence-electron chi connectivity index (χ3n) is 4.21. The van der Waals surface area contributed by atoms with Gasteiger partial charge in [-0.15, -0.1) is 0 Å². The van der Waals surface area contributed by atoms with E-state index >= 15 is 0 Å². The lowest BCUT2D eigenvalue weighted by atomic mass is 10.1. The van der Waals surface area contributed by atoms with Crippen molar-refractivity contribution in [3.63, 3.8) is 0 Å². The Labute approximate surface area is 140 Å². The van der Waals surface area contributed by atoms with Crippen molar-refractivity contribution in [3.8, 4) is 0 Å². The van der Waals surface area contributed by atoms with Crippen LogP contribution in [-0.2, 0) is 9.16 Å². The Kier molecular flexibility index (Phi) is 6.59. The van der Waals surface area contributed by atoms with Gasteiger partial charge < -0.3 is 14.9 Å². The van der Waals surface area contributed by atoms with E-state index in [1.807, 2.05) is 42.5 Å². The zero-order valence-electron chi connectivity index (χ0n) is 15.0. The van der Waals surface area contributed by atoms with Gasteiger partial charge in [-0.1, -0.05) is 57.2 Å².